The lowest BCUT2D eigenvalue weighted by Crippen LogP contribution is -2.27. The van der Waals surface area contributed by atoms with Gasteiger partial charge < -0.3 is 18.9 Å². The summed E-state index contributed by atoms with van der Waals surface area (Å²) in [5.41, 5.74) is 0. The number of rotatable bonds is 10. The molecule has 92 valence electrons. The molecule has 0 aliphatic rings. The minimum atomic E-state index is -1.32. The molecule has 0 bridgehead atoms. The van der Waals surface area contributed by atoms with Crippen LogP contribution in [0.15, 0.2) is 0 Å². The molecule has 15 heavy (non-hydrogen) atoms. The Morgan fingerprint density at radius 3 is 1.07 bits per heavy atom. The first-order valence-electron chi connectivity index (χ1n) is 3.98. The predicted octanol–water partition coefficient (Wildman–Crippen LogP) is 1.80. The molecule has 0 saturated carbocycles. The lowest BCUT2D eigenvalue weighted by atomic mass is 10.4. The van der Waals surface area contributed by atoms with Crippen molar-refractivity contribution in [3.63, 3.8) is 0 Å². The van der Waals surface area contributed by atoms with Crippen LogP contribution in [-0.2, 0) is 18.9 Å². The molecule has 0 aliphatic carbocycles. The fourth-order valence-corrected chi connectivity index (χ4v) is 0.807. The average Bonchev–Trinajstić information content (AvgIpc) is 2.19. The summed E-state index contributed by atoms with van der Waals surface area (Å²) >= 11 is 0. The summed E-state index contributed by atoms with van der Waals surface area (Å²) in [6.45, 7) is -4.88. The Balaban J connectivity index is 3.93. The van der Waals surface area contributed by atoms with E-state index < -0.39 is 40.0 Å². The first-order valence-corrected chi connectivity index (χ1v) is 3.98. The third-order valence-electron chi connectivity index (χ3n) is 1.38. The zero-order valence-corrected chi connectivity index (χ0v) is 7.84. The van der Waals surface area contributed by atoms with Gasteiger partial charge in [-0.1, -0.05) is 0 Å². The van der Waals surface area contributed by atoms with E-state index in [-0.39, 0.29) is 6.42 Å². The molecule has 0 radical (unpaired) electrons. The smallest absolute Gasteiger partial charge is 0.191 e. The van der Waals surface area contributed by atoms with Crippen LogP contribution in [-0.4, -0.2) is 40.0 Å². The average molecular weight is 236 g/mol. The van der Waals surface area contributed by atoms with Crippen molar-refractivity contribution in [1.29, 1.82) is 0 Å². The van der Waals surface area contributed by atoms with Gasteiger partial charge >= 0.3 is 0 Å². The Morgan fingerprint density at radius 1 is 0.600 bits per heavy atom. The maximum absolute atomic E-state index is 11.7. The van der Waals surface area contributed by atoms with E-state index in [1.54, 1.807) is 0 Å². The van der Waals surface area contributed by atoms with E-state index in [0.29, 0.717) is 0 Å². The third kappa shape index (κ3) is 7.48. The molecule has 0 fully saturated rings. The van der Waals surface area contributed by atoms with Crippen molar-refractivity contribution < 1.29 is 36.5 Å². The Hall–Kier alpha value is -0.440. The van der Waals surface area contributed by atoms with E-state index in [4.69, 9.17) is 0 Å². The van der Waals surface area contributed by atoms with Gasteiger partial charge in [-0.3, -0.25) is 0 Å². The minimum absolute atomic E-state index is 0.346. The topological polar surface area (TPSA) is 36.9 Å². The largest absolute Gasteiger partial charge is 0.321 e. The second-order valence-corrected chi connectivity index (χ2v) is 2.20. The van der Waals surface area contributed by atoms with Crippen molar-refractivity contribution in [2.45, 2.75) is 19.0 Å². The summed E-state index contributed by atoms with van der Waals surface area (Å²) in [5, 5.41) is 0. The van der Waals surface area contributed by atoms with E-state index in [1.807, 2.05) is 0 Å². The van der Waals surface area contributed by atoms with Gasteiger partial charge in [-0.05, 0) is 0 Å². The lowest BCUT2D eigenvalue weighted by Gasteiger charge is -2.20. The van der Waals surface area contributed by atoms with Crippen LogP contribution in [0.25, 0.3) is 0 Å². The van der Waals surface area contributed by atoms with E-state index in [9.17, 15) is 17.6 Å². The Labute approximate surface area is 84.0 Å². The normalized spacial score (nSPS) is 11.6. The summed E-state index contributed by atoms with van der Waals surface area (Å²) in [6, 6.07) is 0. The van der Waals surface area contributed by atoms with Gasteiger partial charge in [0.2, 0.25) is 0 Å². The van der Waals surface area contributed by atoms with Crippen LogP contribution in [0, 0.1) is 0 Å². The highest BCUT2D eigenvalue weighted by Gasteiger charge is 2.19. The van der Waals surface area contributed by atoms with Crippen LogP contribution in [0.3, 0.4) is 0 Å². The molecule has 0 amide bonds. The number of ether oxygens (including phenoxy) is 4. The zero-order valence-electron chi connectivity index (χ0n) is 7.84. The summed E-state index contributed by atoms with van der Waals surface area (Å²) in [7, 11) is 0. The molecule has 0 spiro atoms. The van der Waals surface area contributed by atoms with Gasteiger partial charge in [0.15, 0.2) is 40.0 Å². The van der Waals surface area contributed by atoms with Crippen LogP contribution in [0.5, 0.6) is 0 Å². The van der Waals surface area contributed by atoms with Gasteiger partial charge in [0.25, 0.3) is 0 Å². The maximum Gasteiger partial charge on any atom is 0.191 e. The Bertz CT molecular complexity index is 114. The van der Waals surface area contributed by atoms with E-state index in [2.05, 4.69) is 18.9 Å². The summed E-state index contributed by atoms with van der Waals surface area (Å²) in [4.78, 5) is 0. The van der Waals surface area contributed by atoms with Crippen LogP contribution >= 0.6 is 0 Å². The van der Waals surface area contributed by atoms with Gasteiger partial charge in [0, 0.05) is 0 Å². The van der Waals surface area contributed by atoms with Crippen LogP contribution in [0.2, 0.25) is 0 Å². The highest BCUT2D eigenvalue weighted by molar-refractivity contribution is 4.49. The third-order valence-corrected chi connectivity index (χ3v) is 1.38. The monoisotopic (exact) mass is 236 g/mol. The molecular weight excluding hydrogens is 224 g/mol. The van der Waals surface area contributed by atoms with Crippen molar-refractivity contribution in [2.24, 2.45) is 0 Å². The molecule has 0 rings (SSSR count). The number of hydrogen-bond donors (Lipinski definition) is 0. The van der Waals surface area contributed by atoms with E-state index in [0.717, 1.165) is 0 Å². The molecule has 0 heterocycles. The fraction of sp³-hybridized carbons (Fsp3) is 1.00. The molecule has 0 atom stereocenters. The lowest BCUT2D eigenvalue weighted by molar-refractivity contribution is -0.245. The molecule has 0 aromatic heterocycles. The predicted molar refractivity (Wildman–Crippen MR) is 40.4 cm³/mol. The van der Waals surface area contributed by atoms with Gasteiger partial charge in [-0.25, -0.2) is 17.6 Å². The summed E-state index contributed by atoms with van der Waals surface area (Å²) in [6.07, 6.45) is -2.98. The number of alkyl halides is 4. The highest BCUT2D eigenvalue weighted by Crippen LogP contribution is 2.10. The first-order chi connectivity index (χ1) is 7.28. The van der Waals surface area contributed by atoms with E-state index >= 15 is 0 Å². The Morgan fingerprint density at radius 2 is 0.867 bits per heavy atom. The van der Waals surface area contributed by atoms with Crippen molar-refractivity contribution in [2.75, 3.05) is 27.4 Å². The number of hydrogen-bond acceptors (Lipinski definition) is 4. The standard InChI is InChI=1S/C7H12F4O4/c8-2-12-6(13-3-9)1-7(14-4-10)15-5-11/h6-7H,1-5H2. The second kappa shape index (κ2) is 10.1. The van der Waals surface area contributed by atoms with Gasteiger partial charge in [0.1, 0.15) is 0 Å². The maximum atomic E-state index is 11.7. The SMILES string of the molecule is FCOC(CC(OCF)OCF)OCF. The molecule has 0 saturated heterocycles. The molecule has 0 aromatic rings. The first kappa shape index (κ1) is 14.6. The minimum Gasteiger partial charge on any atom is -0.321 e. The van der Waals surface area contributed by atoms with Crippen molar-refractivity contribution in [3.8, 4) is 0 Å². The van der Waals surface area contributed by atoms with Gasteiger partial charge in [-0.2, -0.15) is 0 Å². The van der Waals surface area contributed by atoms with E-state index in [1.165, 1.54) is 0 Å². The molecular formula is C7H12F4O4. The summed E-state index contributed by atoms with van der Waals surface area (Å²) in [5.74, 6) is 0. The quantitative estimate of drug-likeness (QED) is 0.428. The second-order valence-electron chi connectivity index (χ2n) is 2.20. The molecule has 0 aliphatic heterocycles. The molecule has 0 unspecified atom stereocenters. The van der Waals surface area contributed by atoms with Crippen molar-refractivity contribution in [3.05, 3.63) is 0 Å². The fourth-order valence-electron chi connectivity index (χ4n) is 0.807. The van der Waals surface area contributed by atoms with Gasteiger partial charge in [0.05, 0.1) is 6.42 Å². The molecule has 0 N–H and O–H groups in total. The van der Waals surface area contributed by atoms with Crippen molar-refractivity contribution >= 4 is 0 Å². The van der Waals surface area contributed by atoms with Crippen LogP contribution in [0.4, 0.5) is 17.6 Å². The van der Waals surface area contributed by atoms with Gasteiger partial charge in [-0.15, -0.1) is 0 Å². The van der Waals surface area contributed by atoms with Crippen molar-refractivity contribution in [1.82, 2.24) is 0 Å². The van der Waals surface area contributed by atoms with Crippen LogP contribution < -0.4 is 0 Å². The van der Waals surface area contributed by atoms with Crippen LogP contribution in [0.1, 0.15) is 6.42 Å². The molecule has 4 nitrogen and oxygen atoms in total. The highest BCUT2D eigenvalue weighted by atomic mass is 19.1. The Kier molecular flexibility index (Phi) is 9.79. The number of halogens is 4. The summed E-state index contributed by atoms with van der Waals surface area (Å²) < 4.78 is 64.0. The zero-order chi connectivity index (χ0) is 11.5. The molecule has 0 aromatic carbocycles. The molecule has 8 heteroatoms.